The van der Waals surface area contributed by atoms with Crippen molar-refractivity contribution < 1.29 is 9.59 Å². The maximum Gasteiger partial charge on any atom is 0.242 e. The third-order valence-electron chi connectivity index (χ3n) is 3.74. The number of hydrogen-bond acceptors (Lipinski definition) is 3. The SMILES string of the molecule is CNC(=O)C1CCCCN1C(=O)C1CCNC1.Cl. The summed E-state index contributed by atoms with van der Waals surface area (Å²) >= 11 is 0. The number of halogens is 1. The monoisotopic (exact) mass is 275 g/mol. The Kier molecular flexibility index (Phi) is 5.88. The highest BCUT2D eigenvalue weighted by Gasteiger charge is 2.35. The summed E-state index contributed by atoms with van der Waals surface area (Å²) in [5.74, 6) is 0.201. The summed E-state index contributed by atoms with van der Waals surface area (Å²) in [5, 5.41) is 5.86. The fourth-order valence-corrected chi connectivity index (χ4v) is 2.73. The van der Waals surface area contributed by atoms with Crippen LogP contribution in [-0.4, -0.2) is 49.4 Å². The molecule has 2 saturated heterocycles. The van der Waals surface area contributed by atoms with Crippen LogP contribution >= 0.6 is 12.4 Å². The number of hydrogen-bond donors (Lipinski definition) is 2. The van der Waals surface area contributed by atoms with Gasteiger partial charge in [-0.05, 0) is 32.2 Å². The first-order chi connectivity index (χ1) is 8.24. The number of nitrogens with one attached hydrogen (secondary N) is 2. The quantitative estimate of drug-likeness (QED) is 0.754. The molecule has 0 aromatic rings. The maximum atomic E-state index is 12.3. The fourth-order valence-electron chi connectivity index (χ4n) is 2.73. The molecule has 2 aliphatic rings. The molecule has 18 heavy (non-hydrogen) atoms. The Balaban J connectivity index is 0.00000162. The largest absolute Gasteiger partial charge is 0.357 e. The predicted octanol–water partition coefficient (Wildman–Crippen LogP) is 0.145. The standard InChI is InChI=1S/C12H21N3O2.ClH/c1-13-11(16)10-4-2-3-7-15(10)12(17)9-5-6-14-8-9;/h9-10,14H,2-8H2,1H3,(H,13,16);1H. The Morgan fingerprint density at radius 3 is 2.67 bits per heavy atom. The van der Waals surface area contributed by atoms with Crippen molar-refractivity contribution in [2.45, 2.75) is 31.7 Å². The molecular weight excluding hydrogens is 254 g/mol. The molecule has 5 nitrogen and oxygen atoms in total. The molecule has 0 aromatic carbocycles. The van der Waals surface area contributed by atoms with Crippen molar-refractivity contribution in [1.29, 1.82) is 0 Å². The average Bonchev–Trinajstić information content (AvgIpc) is 2.91. The van der Waals surface area contributed by atoms with Gasteiger partial charge in [0.25, 0.3) is 0 Å². The molecule has 6 heteroatoms. The lowest BCUT2D eigenvalue weighted by Gasteiger charge is -2.35. The second-order valence-electron chi connectivity index (χ2n) is 4.85. The zero-order chi connectivity index (χ0) is 12.3. The number of piperidine rings is 1. The van der Waals surface area contributed by atoms with E-state index in [1.54, 1.807) is 11.9 Å². The highest BCUT2D eigenvalue weighted by Crippen LogP contribution is 2.21. The van der Waals surface area contributed by atoms with Crippen LogP contribution in [0.1, 0.15) is 25.7 Å². The van der Waals surface area contributed by atoms with Crippen LogP contribution in [0.15, 0.2) is 0 Å². The van der Waals surface area contributed by atoms with Gasteiger partial charge >= 0.3 is 0 Å². The lowest BCUT2D eigenvalue weighted by Crippen LogP contribution is -2.53. The minimum atomic E-state index is -0.248. The van der Waals surface area contributed by atoms with Crippen molar-refractivity contribution >= 4 is 24.2 Å². The second-order valence-corrected chi connectivity index (χ2v) is 4.85. The summed E-state index contributed by atoms with van der Waals surface area (Å²) in [6, 6.07) is -0.248. The van der Waals surface area contributed by atoms with E-state index in [2.05, 4.69) is 10.6 Å². The van der Waals surface area contributed by atoms with E-state index in [1.165, 1.54) is 0 Å². The second kappa shape index (κ2) is 6.95. The molecule has 0 aliphatic carbocycles. The van der Waals surface area contributed by atoms with Gasteiger partial charge in [0.05, 0.1) is 5.92 Å². The van der Waals surface area contributed by atoms with Crippen LogP contribution in [0, 0.1) is 5.92 Å². The number of likely N-dealkylation sites (N-methyl/N-ethyl adjacent to an activating group) is 1. The van der Waals surface area contributed by atoms with Crippen LogP contribution in [0.2, 0.25) is 0 Å². The van der Waals surface area contributed by atoms with Crippen LogP contribution in [0.25, 0.3) is 0 Å². The van der Waals surface area contributed by atoms with Crippen LogP contribution in [0.5, 0.6) is 0 Å². The predicted molar refractivity (Wildman–Crippen MR) is 71.6 cm³/mol. The van der Waals surface area contributed by atoms with E-state index in [9.17, 15) is 9.59 Å². The Morgan fingerprint density at radius 2 is 2.06 bits per heavy atom. The average molecular weight is 276 g/mol. The summed E-state index contributed by atoms with van der Waals surface area (Å²) < 4.78 is 0. The van der Waals surface area contributed by atoms with Gasteiger partial charge in [-0.25, -0.2) is 0 Å². The smallest absolute Gasteiger partial charge is 0.242 e. The summed E-state index contributed by atoms with van der Waals surface area (Å²) in [6.07, 6.45) is 3.74. The van der Waals surface area contributed by atoms with Gasteiger partial charge in [0, 0.05) is 20.1 Å². The van der Waals surface area contributed by atoms with Crippen molar-refractivity contribution in [2.24, 2.45) is 5.92 Å². The van der Waals surface area contributed by atoms with E-state index in [1.807, 2.05) is 0 Å². The highest BCUT2D eigenvalue weighted by atomic mass is 35.5. The number of nitrogens with zero attached hydrogens (tertiary/aromatic N) is 1. The molecule has 2 heterocycles. The van der Waals surface area contributed by atoms with Gasteiger partial charge in [0.15, 0.2) is 0 Å². The first kappa shape index (κ1) is 15.2. The van der Waals surface area contributed by atoms with Crippen LogP contribution < -0.4 is 10.6 Å². The fraction of sp³-hybridized carbons (Fsp3) is 0.833. The molecule has 2 N–H and O–H groups in total. The molecule has 0 saturated carbocycles. The number of carbonyl (C=O) groups is 2. The first-order valence-corrected chi connectivity index (χ1v) is 6.47. The van der Waals surface area contributed by atoms with E-state index in [0.717, 1.165) is 45.3 Å². The van der Waals surface area contributed by atoms with Gasteiger partial charge in [-0.2, -0.15) is 0 Å². The minimum absolute atomic E-state index is 0. The minimum Gasteiger partial charge on any atom is -0.357 e. The van der Waals surface area contributed by atoms with E-state index in [-0.39, 0.29) is 36.2 Å². The van der Waals surface area contributed by atoms with E-state index in [4.69, 9.17) is 0 Å². The summed E-state index contributed by atoms with van der Waals surface area (Å²) in [6.45, 7) is 2.40. The molecular formula is C12H22ClN3O2. The van der Waals surface area contributed by atoms with Gasteiger partial charge in [-0.1, -0.05) is 0 Å². The Hall–Kier alpha value is -0.810. The molecule has 2 fully saturated rings. The molecule has 2 aliphatic heterocycles. The maximum absolute atomic E-state index is 12.3. The van der Waals surface area contributed by atoms with Gasteiger partial charge < -0.3 is 15.5 Å². The molecule has 2 rings (SSSR count). The topological polar surface area (TPSA) is 61.4 Å². The summed E-state index contributed by atoms with van der Waals surface area (Å²) in [5.41, 5.74) is 0. The van der Waals surface area contributed by atoms with Gasteiger partial charge in [-0.15, -0.1) is 12.4 Å². The van der Waals surface area contributed by atoms with E-state index in [0.29, 0.717) is 0 Å². The molecule has 2 unspecified atom stereocenters. The zero-order valence-electron chi connectivity index (χ0n) is 10.8. The van der Waals surface area contributed by atoms with Crippen LogP contribution in [0.4, 0.5) is 0 Å². The number of amides is 2. The lowest BCUT2D eigenvalue weighted by molar-refractivity contribution is -0.144. The third-order valence-corrected chi connectivity index (χ3v) is 3.74. The molecule has 2 amide bonds. The van der Waals surface area contributed by atoms with Crippen molar-refractivity contribution in [3.05, 3.63) is 0 Å². The zero-order valence-corrected chi connectivity index (χ0v) is 11.6. The van der Waals surface area contributed by atoms with Crippen molar-refractivity contribution in [3.8, 4) is 0 Å². The first-order valence-electron chi connectivity index (χ1n) is 6.47. The van der Waals surface area contributed by atoms with Crippen molar-refractivity contribution in [3.63, 3.8) is 0 Å². The molecule has 0 bridgehead atoms. The Bertz CT molecular complexity index is 306. The van der Waals surface area contributed by atoms with Gasteiger partial charge in [-0.3, -0.25) is 9.59 Å². The Morgan fingerprint density at radius 1 is 1.28 bits per heavy atom. The summed E-state index contributed by atoms with van der Waals surface area (Å²) in [7, 11) is 1.64. The number of likely N-dealkylation sites (tertiary alicyclic amines) is 1. The van der Waals surface area contributed by atoms with Gasteiger partial charge in [0.2, 0.25) is 11.8 Å². The van der Waals surface area contributed by atoms with Gasteiger partial charge in [0.1, 0.15) is 6.04 Å². The molecule has 0 spiro atoms. The highest BCUT2D eigenvalue weighted by molar-refractivity contribution is 5.88. The number of rotatable bonds is 2. The van der Waals surface area contributed by atoms with Crippen LogP contribution in [-0.2, 0) is 9.59 Å². The van der Waals surface area contributed by atoms with Crippen molar-refractivity contribution in [1.82, 2.24) is 15.5 Å². The van der Waals surface area contributed by atoms with E-state index < -0.39 is 0 Å². The molecule has 104 valence electrons. The van der Waals surface area contributed by atoms with Crippen molar-refractivity contribution in [2.75, 3.05) is 26.7 Å². The van der Waals surface area contributed by atoms with Crippen LogP contribution in [0.3, 0.4) is 0 Å². The molecule has 2 atom stereocenters. The third kappa shape index (κ3) is 3.14. The lowest BCUT2D eigenvalue weighted by atomic mass is 9.98. The summed E-state index contributed by atoms with van der Waals surface area (Å²) in [4.78, 5) is 25.9. The molecule has 0 radical (unpaired) electrons. The number of carbonyl (C=O) groups excluding carboxylic acids is 2. The van der Waals surface area contributed by atoms with E-state index >= 15 is 0 Å². The normalized spacial score (nSPS) is 27.5. The molecule has 0 aromatic heterocycles. The Labute approximate surface area is 114 Å².